The summed E-state index contributed by atoms with van der Waals surface area (Å²) < 4.78 is 10.6. The Balaban J connectivity index is 1.81. The van der Waals surface area contributed by atoms with Crippen molar-refractivity contribution in [2.24, 2.45) is 5.92 Å². The number of rotatable bonds is 4. The average Bonchev–Trinajstić information content (AvgIpc) is 2.83. The van der Waals surface area contributed by atoms with Gasteiger partial charge >= 0.3 is 0 Å². The topological polar surface area (TPSA) is 64.8 Å². The number of amides is 1. The van der Waals surface area contributed by atoms with Gasteiger partial charge in [-0.25, -0.2) is 0 Å². The van der Waals surface area contributed by atoms with Crippen molar-refractivity contribution in [2.75, 3.05) is 25.6 Å². The third-order valence-corrected chi connectivity index (χ3v) is 4.15. The number of hydrogen-bond donors (Lipinski definition) is 1. The van der Waals surface area contributed by atoms with Gasteiger partial charge in [-0.2, -0.15) is 0 Å². The van der Waals surface area contributed by atoms with Gasteiger partial charge in [-0.15, -0.1) is 0 Å². The summed E-state index contributed by atoms with van der Waals surface area (Å²) in [4.78, 5) is 14.5. The first-order valence-corrected chi connectivity index (χ1v) is 7.17. The summed E-state index contributed by atoms with van der Waals surface area (Å²) in [5.41, 5.74) is 6.94. The maximum Gasteiger partial charge on any atom is 0.256 e. The molecule has 0 aromatic heterocycles. The lowest BCUT2D eigenvalue weighted by Gasteiger charge is -2.32. The van der Waals surface area contributed by atoms with Crippen molar-refractivity contribution in [3.8, 4) is 11.5 Å². The number of fused-ring (bicyclic) bond motifs is 1. The smallest absolute Gasteiger partial charge is 0.256 e. The van der Waals surface area contributed by atoms with Gasteiger partial charge in [0.15, 0.2) is 11.5 Å². The molecule has 1 saturated carbocycles. The fraction of sp³-hybridized carbons (Fsp3) is 0.533. The molecule has 1 aromatic carbocycles. The molecule has 1 fully saturated rings. The minimum absolute atomic E-state index is 0.0183. The van der Waals surface area contributed by atoms with Crippen LogP contribution in [0.25, 0.3) is 0 Å². The molecule has 0 spiro atoms. The van der Waals surface area contributed by atoms with Crippen molar-refractivity contribution in [2.45, 2.75) is 26.2 Å². The minimum atomic E-state index is -0.0183. The molecular formula is C15H20N2O3. The van der Waals surface area contributed by atoms with E-state index in [9.17, 15) is 4.79 Å². The number of ether oxygens (including phenoxy) is 2. The summed E-state index contributed by atoms with van der Waals surface area (Å²) >= 11 is 0. The summed E-state index contributed by atoms with van der Waals surface area (Å²) in [7, 11) is 0. The Kier molecular flexibility index (Phi) is 3.42. The Hall–Kier alpha value is -1.91. The van der Waals surface area contributed by atoms with Gasteiger partial charge in [-0.1, -0.05) is 6.42 Å². The van der Waals surface area contributed by atoms with Crippen LogP contribution in [0.3, 0.4) is 0 Å². The fourth-order valence-corrected chi connectivity index (χ4v) is 2.66. The largest absolute Gasteiger partial charge is 0.454 e. The first kappa shape index (κ1) is 13.1. The Morgan fingerprint density at radius 2 is 2.05 bits per heavy atom. The van der Waals surface area contributed by atoms with E-state index in [1.54, 1.807) is 12.1 Å². The van der Waals surface area contributed by atoms with Gasteiger partial charge in [0, 0.05) is 24.8 Å². The van der Waals surface area contributed by atoms with Crippen LogP contribution >= 0.6 is 0 Å². The summed E-state index contributed by atoms with van der Waals surface area (Å²) in [5.74, 6) is 1.84. The second-order valence-electron chi connectivity index (χ2n) is 5.43. The van der Waals surface area contributed by atoms with Crippen molar-refractivity contribution in [3.63, 3.8) is 0 Å². The normalized spacial score (nSPS) is 16.9. The minimum Gasteiger partial charge on any atom is -0.454 e. The molecule has 1 aliphatic heterocycles. The van der Waals surface area contributed by atoms with E-state index >= 15 is 0 Å². The van der Waals surface area contributed by atoms with Crippen molar-refractivity contribution in [1.29, 1.82) is 0 Å². The number of carbonyl (C=O) groups excluding carboxylic acids is 1. The van der Waals surface area contributed by atoms with Crippen molar-refractivity contribution in [1.82, 2.24) is 4.90 Å². The van der Waals surface area contributed by atoms with Crippen molar-refractivity contribution in [3.05, 3.63) is 17.7 Å². The Morgan fingerprint density at radius 1 is 1.35 bits per heavy atom. The van der Waals surface area contributed by atoms with Gasteiger partial charge in [0.25, 0.3) is 5.91 Å². The van der Waals surface area contributed by atoms with E-state index in [1.165, 1.54) is 19.3 Å². The average molecular weight is 276 g/mol. The zero-order chi connectivity index (χ0) is 14.1. The molecule has 0 atom stereocenters. The van der Waals surface area contributed by atoms with Crippen LogP contribution in [0.4, 0.5) is 5.69 Å². The van der Waals surface area contributed by atoms with Gasteiger partial charge in [0.05, 0.1) is 5.56 Å². The zero-order valence-corrected chi connectivity index (χ0v) is 11.7. The Labute approximate surface area is 118 Å². The van der Waals surface area contributed by atoms with Gasteiger partial charge in [-0.3, -0.25) is 4.79 Å². The van der Waals surface area contributed by atoms with E-state index in [2.05, 4.69) is 0 Å². The van der Waals surface area contributed by atoms with E-state index < -0.39 is 0 Å². The molecule has 5 heteroatoms. The molecule has 1 heterocycles. The molecule has 0 bridgehead atoms. The maximum absolute atomic E-state index is 12.6. The lowest BCUT2D eigenvalue weighted by Crippen LogP contribution is -2.37. The highest BCUT2D eigenvalue weighted by Gasteiger charge is 2.26. The van der Waals surface area contributed by atoms with Crippen LogP contribution in [0, 0.1) is 5.92 Å². The fourth-order valence-electron chi connectivity index (χ4n) is 2.66. The molecule has 1 aromatic rings. The molecule has 3 rings (SSSR count). The monoisotopic (exact) mass is 276 g/mol. The third-order valence-electron chi connectivity index (χ3n) is 4.15. The highest BCUT2D eigenvalue weighted by molar-refractivity contribution is 6.00. The number of benzene rings is 1. The first-order valence-electron chi connectivity index (χ1n) is 7.17. The van der Waals surface area contributed by atoms with Gasteiger partial charge in [-0.05, 0) is 31.7 Å². The van der Waals surface area contributed by atoms with E-state index in [-0.39, 0.29) is 12.7 Å². The highest BCUT2D eigenvalue weighted by atomic mass is 16.7. The first-order chi connectivity index (χ1) is 9.69. The molecule has 2 N–H and O–H groups in total. The standard InChI is InChI=1S/C15H20N2O3/c1-2-17(8-10-4-3-5-10)15(18)11-6-13-14(7-12(11)16)20-9-19-13/h6-7,10H,2-5,8-9,16H2,1H3. The molecule has 0 saturated heterocycles. The Bertz CT molecular complexity index is 526. The third kappa shape index (κ3) is 2.28. The quantitative estimate of drug-likeness (QED) is 0.857. The number of anilines is 1. The Morgan fingerprint density at radius 3 is 2.65 bits per heavy atom. The molecule has 1 amide bonds. The number of nitrogens with two attached hydrogens (primary N) is 1. The molecule has 5 nitrogen and oxygen atoms in total. The van der Waals surface area contributed by atoms with Crippen molar-refractivity contribution < 1.29 is 14.3 Å². The number of nitrogens with zero attached hydrogens (tertiary/aromatic N) is 1. The van der Waals surface area contributed by atoms with Crippen LogP contribution in [0.5, 0.6) is 11.5 Å². The number of carbonyl (C=O) groups is 1. The summed E-state index contributed by atoms with van der Waals surface area (Å²) in [6.07, 6.45) is 3.73. The molecule has 0 unspecified atom stereocenters. The second-order valence-corrected chi connectivity index (χ2v) is 5.43. The van der Waals surface area contributed by atoms with E-state index in [0.717, 1.165) is 6.54 Å². The zero-order valence-electron chi connectivity index (χ0n) is 11.7. The molecule has 2 aliphatic rings. The van der Waals surface area contributed by atoms with E-state index in [0.29, 0.717) is 35.2 Å². The summed E-state index contributed by atoms with van der Waals surface area (Å²) in [5, 5.41) is 0. The van der Waals surface area contributed by atoms with Crippen LogP contribution in [0.15, 0.2) is 12.1 Å². The predicted octanol–water partition coefficient (Wildman–Crippen LogP) is 2.26. The van der Waals surface area contributed by atoms with Crippen LogP contribution in [-0.2, 0) is 0 Å². The summed E-state index contributed by atoms with van der Waals surface area (Å²) in [6.45, 7) is 3.71. The lowest BCUT2D eigenvalue weighted by atomic mass is 9.85. The van der Waals surface area contributed by atoms with Gasteiger partial charge < -0.3 is 20.1 Å². The molecule has 108 valence electrons. The van der Waals surface area contributed by atoms with E-state index in [4.69, 9.17) is 15.2 Å². The molecular weight excluding hydrogens is 256 g/mol. The SMILES string of the molecule is CCN(CC1CCC1)C(=O)c1cc2c(cc1N)OCO2. The molecule has 1 aliphatic carbocycles. The lowest BCUT2D eigenvalue weighted by molar-refractivity contribution is 0.0707. The van der Waals surface area contributed by atoms with Crippen LogP contribution < -0.4 is 15.2 Å². The summed E-state index contributed by atoms with van der Waals surface area (Å²) in [6, 6.07) is 3.37. The van der Waals surface area contributed by atoms with Crippen LogP contribution in [-0.4, -0.2) is 30.7 Å². The predicted molar refractivity (Wildman–Crippen MR) is 75.9 cm³/mol. The van der Waals surface area contributed by atoms with Crippen LogP contribution in [0.1, 0.15) is 36.5 Å². The van der Waals surface area contributed by atoms with E-state index in [1.807, 2.05) is 11.8 Å². The maximum atomic E-state index is 12.6. The van der Waals surface area contributed by atoms with Gasteiger partial charge in [0.1, 0.15) is 0 Å². The molecule has 0 radical (unpaired) electrons. The molecule has 20 heavy (non-hydrogen) atoms. The van der Waals surface area contributed by atoms with Crippen LogP contribution in [0.2, 0.25) is 0 Å². The number of nitrogen functional groups attached to an aromatic ring is 1. The second kappa shape index (κ2) is 5.23. The number of hydrogen-bond acceptors (Lipinski definition) is 4. The highest BCUT2D eigenvalue weighted by Crippen LogP contribution is 2.36. The van der Waals surface area contributed by atoms with Gasteiger partial charge in [0.2, 0.25) is 6.79 Å². The van der Waals surface area contributed by atoms with Crippen molar-refractivity contribution >= 4 is 11.6 Å².